The first-order chi connectivity index (χ1) is 10.4. The van der Waals surface area contributed by atoms with E-state index in [-0.39, 0.29) is 16.8 Å². The SMILES string of the molecule is NC(N)=NC(N)=Nc1ccc(S(=O)(=O)N2CCNCC2)cc1. The largest absolute Gasteiger partial charge is 0.370 e. The zero-order valence-electron chi connectivity index (χ0n) is 11.9. The summed E-state index contributed by atoms with van der Waals surface area (Å²) in [7, 11) is -3.48. The summed E-state index contributed by atoms with van der Waals surface area (Å²) in [4.78, 5) is 7.76. The van der Waals surface area contributed by atoms with Crippen molar-refractivity contribution >= 4 is 27.6 Å². The highest BCUT2D eigenvalue weighted by Crippen LogP contribution is 2.20. The van der Waals surface area contributed by atoms with E-state index in [1.54, 1.807) is 12.1 Å². The van der Waals surface area contributed by atoms with Crippen LogP contribution in [0.1, 0.15) is 0 Å². The lowest BCUT2D eigenvalue weighted by Crippen LogP contribution is -2.46. The van der Waals surface area contributed by atoms with Crippen LogP contribution in [0.4, 0.5) is 5.69 Å². The van der Waals surface area contributed by atoms with E-state index >= 15 is 0 Å². The molecule has 120 valence electrons. The molecule has 0 spiro atoms. The molecule has 10 heteroatoms. The van der Waals surface area contributed by atoms with E-state index in [2.05, 4.69) is 15.3 Å². The van der Waals surface area contributed by atoms with Gasteiger partial charge in [-0.2, -0.15) is 9.30 Å². The molecule has 22 heavy (non-hydrogen) atoms. The number of hydrogen-bond donors (Lipinski definition) is 4. The summed E-state index contributed by atoms with van der Waals surface area (Å²) in [6.45, 7) is 2.21. The summed E-state index contributed by atoms with van der Waals surface area (Å²) < 4.78 is 26.4. The van der Waals surface area contributed by atoms with Gasteiger partial charge in [0.1, 0.15) is 0 Å². The fourth-order valence-electron chi connectivity index (χ4n) is 2.02. The molecular weight excluding hydrogens is 306 g/mol. The second-order valence-electron chi connectivity index (χ2n) is 4.65. The first kappa shape index (κ1) is 16.2. The van der Waals surface area contributed by atoms with Gasteiger partial charge < -0.3 is 22.5 Å². The van der Waals surface area contributed by atoms with E-state index in [1.807, 2.05) is 0 Å². The molecule has 0 radical (unpaired) electrons. The Hall–Kier alpha value is -2.17. The van der Waals surface area contributed by atoms with Crippen molar-refractivity contribution in [2.24, 2.45) is 27.2 Å². The molecule has 0 unspecified atom stereocenters. The molecule has 0 aliphatic carbocycles. The number of benzene rings is 1. The van der Waals surface area contributed by atoms with Crippen molar-refractivity contribution in [2.45, 2.75) is 4.90 Å². The monoisotopic (exact) mass is 325 g/mol. The third kappa shape index (κ3) is 3.93. The fourth-order valence-corrected chi connectivity index (χ4v) is 3.46. The number of nitrogens with two attached hydrogens (primary N) is 3. The van der Waals surface area contributed by atoms with Gasteiger partial charge in [0.05, 0.1) is 10.6 Å². The predicted molar refractivity (Wildman–Crippen MR) is 85.2 cm³/mol. The Bertz CT molecular complexity index is 672. The standard InChI is InChI=1S/C12H19N7O2S/c13-11(14)18-12(15)17-9-1-3-10(4-2-9)22(20,21)19-7-5-16-6-8-19/h1-4,16H,5-8H2,(H6,13,14,15,17,18). The van der Waals surface area contributed by atoms with Crippen LogP contribution in [-0.4, -0.2) is 50.8 Å². The van der Waals surface area contributed by atoms with Crippen LogP contribution in [0.25, 0.3) is 0 Å². The molecular formula is C12H19N7O2S. The Morgan fingerprint density at radius 1 is 1.09 bits per heavy atom. The van der Waals surface area contributed by atoms with E-state index in [0.29, 0.717) is 31.9 Å². The van der Waals surface area contributed by atoms with Gasteiger partial charge in [0.25, 0.3) is 0 Å². The van der Waals surface area contributed by atoms with Crippen LogP contribution in [0.3, 0.4) is 0 Å². The number of hydrogen-bond acceptors (Lipinski definition) is 4. The van der Waals surface area contributed by atoms with Crippen LogP contribution in [0, 0.1) is 0 Å². The third-order valence-corrected chi connectivity index (χ3v) is 4.95. The Morgan fingerprint density at radius 2 is 1.68 bits per heavy atom. The van der Waals surface area contributed by atoms with E-state index in [9.17, 15) is 8.42 Å². The van der Waals surface area contributed by atoms with Crippen molar-refractivity contribution in [3.8, 4) is 0 Å². The van der Waals surface area contributed by atoms with E-state index < -0.39 is 10.0 Å². The quantitative estimate of drug-likeness (QED) is 0.392. The maximum absolute atomic E-state index is 12.4. The number of nitrogens with one attached hydrogen (secondary N) is 1. The van der Waals surface area contributed by atoms with Gasteiger partial charge in [-0.3, -0.25) is 0 Å². The molecule has 1 heterocycles. The molecule has 1 aliphatic heterocycles. The summed E-state index contributed by atoms with van der Waals surface area (Å²) in [6.07, 6.45) is 0. The summed E-state index contributed by atoms with van der Waals surface area (Å²) in [5.74, 6) is -0.295. The Balaban J connectivity index is 2.19. The van der Waals surface area contributed by atoms with Crippen LogP contribution in [0.5, 0.6) is 0 Å². The molecule has 2 rings (SSSR count). The molecule has 0 bridgehead atoms. The number of piperazine rings is 1. The minimum Gasteiger partial charge on any atom is -0.370 e. The third-order valence-electron chi connectivity index (χ3n) is 3.04. The van der Waals surface area contributed by atoms with Gasteiger partial charge in [0, 0.05) is 26.2 Å². The lowest BCUT2D eigenvalue weighted by Gasteiger charge is -2.26. The minimum absolute atomic E-state index is 0.0993. The average molecular weight is 325 g/mol. The summed E-state index contributed by atoms with van der Waals surface area (Å²) in [5.41, 5.74) is 16.4. The number of rotatable bonds is 3. The highest BCUT2D eigenvalue weighted by Gasteiger charge is 2.25. The van der Waals surface area contributed by atoms with Crippen molar-refractivity contribution in [3.63, 3.8) is 0 Å². The molecule has 0 aromatic heterocycles. The molecule has 9 nitrogen and oxygen atoms in total. The lowest BCUT2D eigenvalue weighted by atomic mass is 10.3. The maximum Gasteiger partial charge on any atom is 0.243 e. The predicted octanol–water partition coefficient (Wildman–Crippen LogP) is -1.50. The Labute approximate surface area is 128 Å². The Morgan fingerprint density at radius 3 is 2.23 bits per heavy atom. The van der Waals surface area contributed by atoms with E-state index in [4.69, 9.17) is 17.2 Å². The van der Waals surface area contributed by atoms with Gasteiger partial charge in [0.15, 0.2) is 5.96 Å². The summed E-state index contributed by atoms with van der Waals surface area (Å²) in [5, 5.41) is 3.11. The van der Waals surface area contributed by atoms with Gasteiger partial charge in [-0.05, 0) is 24.3 Å². The van der Waals surface area contributed by atoms with Crippen LogP contribution in [0.2, 0.25) is 0 Å². The topological polar surface area (TPSA) is 152 Å². The molecule has 1 saturated heterocycles. The minimum atomic E-state index is -3.48. The zero-order valence-corrected chi connectivity index (χ0v) is 12.8. The smallest absolute Gasteiger partial charge is 0.243 e. The highest BCUT2D eigenvalue weighted by atomic mass is 32.2. The molecule has 1 fully saturated rings. The molecule has 1 aromatic rings. The molecule has 0 atom stereocenters. The van der Waals surface area contributed by atoms with Crippen LogP contribution >= 0.6 is 0 Å². The number of aliphatic imine (C=N–C) groups is 2. The number of nitrogens with zero attached hydrogens (tertiary/aromatic N) is 3. The Kier molecular flexibility index (Phi) is 4.96. The first-order valence-corrected chi connectivity index (χ1v) is 8.08. The van der Waals surface area contributed by atoms with Crippen molar-refractivity contribution in [1.29, 1.82) is 0 Å². The molecule has 7 N–H and O–H groups in total. The van der Waals surface area contributed by atoms with Crippen molar-refractivity contribution in [1.82, 2.24) is 9.62 Å². The molecule has 0 amide bonds. The van der Waals surface area contributed by atoms with Gasteiger partial charge in [0.2, 0.25) is 16.0 Å². The van der Waals surface area contributed by atoms with Crippen molar-refractivity contribution in [2.75, 3.05) is 26.2 Å². The summed E-state index contributed by atoms with van der Waals surface area (Å²) in [6, 6.07) is 6.06. The second-order valence-corrected chi connectivity index (χ2v) is 6.59. The summed E-state index contributed by atoms with van der Waals surface area (Å²) >= 11 is 0. The van der Waals surface area contributed by atoms with Gasteiger partial charge in [-0.1, -0.05) is 0 Å². The van der Waals surface area contributed by atoms with Gasteiger partial charge in [-0.25, -0.2) is 13.4 Å². The van der Waals surface area contributed by atoms with Crippen LogP contribution in [0.15, 0.2) is 39.1 Å². The maximum atomic E-state index is 12.4. The first-order valence-electron chi connectivity index (χ1n) is 6.64. The van der Waals surface area contributed by atoms with Crippen molar-refractivity contribution in [3.05, 3.63) is 24.3 Å². The zero-order chi connectivity index (χ0) is 16.2. The average Bonchev–Trinajstić information content (AvgIpc) is 2.48. The molecule has 1 aliphatic rings. The van der Waals surface area contributed by atoms with Crippen molar-refractivity contribution < 1.29 is 8.42 Å². The van der Waals surface area contributed by atoms with Crippen LogP contribution < -0.4 is 22.5 Å². The van der Waals surface area contributed by atoms with Crippen LogP contribution in [-0.2, 0) is 10.0 Å². The van der Waals surface area contributed by atoms with Gasteiger partial charge >= 0.3 is 0 Å². The second kappa shape index (κ2) is 6.73. The molecule has 0 saturated carbocycles. The fraction of sp³-hybridized carbons (Fsp3) is 0.333. The van der Waals surface area contributed by atoms with E-state index in [1.165, 1.54) is 16.4 Å². The van der Waals surface area contributed by atoms with E-state index in [0.717, 1.165) is 0 Å². The number of guanidine groups is 2. The lowest BCUT2D eigenvalue weighted by molar-refractivity contribution is 0.360. The van der Waals surface area contributed by atoms with Gasteiger partial charge in [-0.15, -0.1) is 0 Å². The molecule has 1 aromatic carbocycles. The number of sulfonamides is 1. The normalized spacial score (nSPS) is 17.2. The highest BCUT2D eigenvalue weighted by molar-refractivity contribution is 7.89.